The van der Waals surface area contributed by atoms with Gasteiger partial charge in [-0.15, -0.1) is 0 Å². The van der Waals surface area contributed by atoms with E-state index in [0.717, 1.165) is 16.6 Å². The van der Waals surface area contributed by atoms with Crippen molar-refractivity contribution in [2.24, 2.45) is 0 Å². The number of hydrogen-bond acceptors (Lipinski definition) is 2. The molecule has 0 aliphatic rings. The lowest BCUT2D eigenvalue weighted by Gasteiger charge is -2.06. The van der Waals surface area contributed by atoms with Gasteiger partial charge in [0, 0.05) is 9.79 Å². The number of ether oxygens (including phenoxy) is 1. The highest BCUT2D eigenvalue weighted by Gasteiger charge is 2.03. The largest absolute Gasteiger partial charge is 0.496 e. The predicted octanol–water partition coefficient (Wildman–Crippen LogP) is 5.17. The van der Waals surface area contributed by atoms with Crippen molar-refractivity contribution in [3.8, 4) is 5.75 Å². The first-order valence-electron chi connectivity index (χ1n) is 5.83. The Morgan fingerprint density at radius 2 is 1.72 bits per heavy atom. The van der Waals surface area contributed by atoms with Crippen LogP contribution in [0.5, 0.6) is 5.75 Å². The molecule has 0 fully saturated rings. The number of hydrogen-bond donors (Lipinski definition) is 0. The van der Waals surface area contributed by atoms with Crippen molar-refractivity contribution in [3.05, 3.63) is 52.5 Å². The fraction of sp³-hybridized carbons (Fsp3) is 0.200. The van der Waals surface area contributed by atoms with Crippen molar-refractivity contribution >= 4 is 27.7 Å². The first-order valence-corrected chi connectivity index (χ1v) is 7.44. The molecular weight excluding hydrogens is 308 g/mol. The first-order chi connectivity index (χ1) is 8.72. The second kappa shape index (κ2) is 6.30. The highest BCUT2D eigenvalue weighted by molar-refractivity contribution is 9.10. The quantitative estimate of drug-likeness (QED) is 0.767. The maximum atomic E-state index is 5.22. The molecule has 0 unspecified atom stereocenters. The van der Waals surface area contributed by atoms with Crippen LogP contribution in [0.3, 0.4) is 0 Å². The minimum absolute atomic E-state index is 0.862. The van der Waals surface area contributed by atoms with E-state index in [1.807, 2.05) is 6.07 Å². The molecule has 0 aliphatic heterocycles. The molecule has 2 aromatic rings. The van der Waals surface area contributed by atoms with Crippen LogP contribution in [-0.2, 0) is 6.42 Å². The number of aryl methyl sites for hydroxylation is 1. The van der Waals surface area contributed by atoms with Crippen molar-refractivity contribution in [3.63, 3.8) is 0 Å². The van der Waals surface area contributed by atoms with Gasteiger partial charge in [0.2, 0.25) is 0 Å². The summed E-state index contributed by atoms with van der Waals surface area (Å²) in [5.41, 5.74) is 1.37. The lowest BCUT2D eigenvalue weighted by Crippen LogP contribution is -1.84. The fourth-order valence-electron chi connectivity index (χ4n) is 1.64. The summed E-state index contributed by atoms with van der Waals surface area (Å²) in [4.78, 5) is 2.45. The molecule has 1 nitrogen and oxygen atoms in total. The summed E-state index contributed by atoms with van der Waals surface area (Å²) >= 11 is 5.26. The Labute approximate surface area is 121 Å². The Hall–Kier alpha value is -0.930. The minimum atomic E-state index is 0.862. The van der Waals surface area contributed by atoms with Crippen LogP contribution in [0.15, 0.2) is 56.7 Å². The molecule has 0 amide bonds. The van der Waals surface area contributed by atoms with Crippen molar-refractivity contribution in [1.29, 1.82) is 0 Å². The SMILES string of the molecule is CCc1ccc(Sc2ccc(OC)c(Br)c2)cc1. The van der Waals surface area contributed by atoms with Gasteiger partial charge in [-0.25, -0.2) is 0 Å². The van der Waals surface area contributed by atoms with E-state index < -0.39 is 0 Å². The van der Waals surface area contributed by atoms with E-state index in [4.69, 9.17) is 4.74 Å². The number of rotatable bonds is 4. The molecule has 2 rings (SSSR count). The van der Waals surface area contributed by atoms with Crippen molar-refractivity contribution < 1.29 is 4.74 Å². The average molecular weight is 323 g/mol. The summed E-state index contributed by atoms with van der Waals surface area (Å²) < 4.78 is 6.21. The summed E-state index contributed by atoms with van der Waals surface area (Å²) in [5, 5.41) is 0. The highest BCUT2D eigenvalue weighted by atomic mass is 79.9. The van der Waals surface area contributed by atoms with Crippen LogP contribution in [0, 0.1) is 0 Å². The Bertz CT molecular complexity index is 523. The van der Waals surface area contributed by atoms with Gasteiger partial charge in [0.15, 0.2) is 0 Å². The molecule has 0 spiro atoms. The molecule has 0 saturated carbocycles. The lowest BCUT2D eigenvalue weighted by atomic mass is 10.2. The van der Waals surface area contributed by atoms with E-state index in [2.05, 4.69) is 59.3 Å². The summed E-state index contributed by atoms with van der Waals surface area (Å²) in [6.07, 6.45) is 1.08. The maximum absolute atomic E-state index is 5.22. The topological polar surface area (TPSA) is 9.23 Å². The third-order valence-corrected chi connectivity index (χ3v) is 4.31. The van der Waals surface area contributed by atoms with Crippen LogP contribution in [0.25, 0.3) is 0 Å². The summed E-state index contributed by atoms with van der Waals surface area (Å²) in [6.45, 7) is 2.17. The van der Waals surface area contributed by atoms with Crippen LogP contribution in [0.2, 0.25) is 0 Å². The van der Waals surface area contributed by atoms with Crippen molar-refractivity contribution in [2.75, 3.05) is 7.11 Å². The second-order valence-electron chi connectivity index (χ2n) is 3.90. The van der Waals surface area contributed by atoms with Gasteiger partial charge in [-0.05, 0) is 58.2 Å². The van der Waals surface area contributed by atoms with Crippen LogP contribution in [0.1, 0.15) is 12.5 Å². The molecule has 0 saturated heterocycles. The van der Waals surface area contributed by atoms with E-state index in [-0.39, 0.29) is 0 Å². The van der Waals surface area contributed by atoms with E-state index in [0.29, 0.717) is 0 Å². The molecule has 0 bridgehead atoms. The van der Waals surface area contributed by atoms with Crippen molar-refractivity contribution in [2.45, 2.75) is 23.1 Å². The van der Waals surface area contributed by atoms with E-state index in [1.54, 1.807) is 18.9 Å². The van der Waals surface area contributed by atoms with Gasteiger partial charge in [0.05, 0.1) is 11.6 Å². The summed E-state index contributed by atoms with van der Waals surface area (Å²) in [6, 6.07) is 14.8. The summed E-state index contributed by atoms with van der Waals surface area (Å²) in [7, 11) is 1.68. The van der Waals surface area contributed by atoms with Crippen LogP contribution in [0.4, 0.5) is 0 Å². The van der Waals surface area contributed by atoms with Gasteiger partial charge in [-0.2, -0.15) is 0 Å². The fourth-order valence-corrected chi connectivity index (χ4v) is 3.19. The average Bonchev–Trinajstić information content (AvgIpc) is 2.40. The van der Waals surface area contributed by atoms with Crippen LogP contribution < -0.4 is 4.74 Å². The van der Waals surface area contributed by atoms with E-state index in [9.17, 15) is 0 Å². The lowest BCUT2D eigenvalue weighted by molar-refractivity contribution is 0.412. The van der Waals surface area contributed by atoms with Crippen LogP contribution in [-0.4, -0.2) is 7.11 Å². The molecule has 0 atom stereocenters. The molecule has 0 radical (unpaired) electrons. The molecule has 0 heterocycles. The molecule has 2 aromatic carbocycles. The predicted molar refractivity (Wildman–Crippen MR) is 80.6 cm³/mol. The minimum Gasteiger partial charge on any atom is -0.496 e. The van der Waals surface area contributed by atoms with Gasteiger partial charge < -0.3 is 4.74 Å². The van der Waals surface area contributed by atoms with Gasteiger partial charge in [-0.3, -0.25) is 0 Å². The van der Waals surface area contributed by atoms with E-state index >= 15 is 0 Å². The van der Waals surface area contributed by atoms with Gasteiger partial charge in [0.1, 0.15) is 5.75 Å². The normalized spacial score (nSPS) is 10.4. The molecule has 3 heteroatoms. The molecule has 0 aromatic heterocycles. The smallest absolute Gasteiger partial charge is 0.133 e. The third-order valence-electron chi connectivity index (χ3n) is 2.69. The maximum Gasteiger partial charge on any atom is 0.133 e. The van der Waals surface area contributed by atoms with Crippen LogP contribution >= 0.6 is 27.7 Å². The molecule has 18 heavy (non-hydrogen) atoms. The highest BCUT2D eigenvalue weighted by Crippen LogP contribution is 2.33. The Kier molecular flexibility index (Phi) is 4.72. The number of benzene rings is 2. The Balaban J connectivity index is 2.15. The van der Waals surface area contributed by atoms with E-state index in [1.165, 1.54) is 15.4 Å². The standard InChI is InChI=1S/C15H15BrOS/c1-3-11-4-6-12(7-5-11)18-13-8-9-15(17-2)14(16)10-13/h4-10H,3H2,1-2H3. The zero-order chi connectivity index (χ0) is 13.0. The van der Waals surface area contributed by atoms with Gasteiger partial charge in [0.25, 0.3) is 0 Å². The zero-order valence-corrected chi connectivity index (χ0v) is 12.8. The molecule has 94 valence electrons. The Morgan fingerprint density at radius 3 is 2.28 bits per heavy atom. The second-order valence-corrected chi connectivity index (χ2v) is 5.90. The number of methoxy groups -OCH3 is 1. The Morgan fingerprint density at radius 1 is 1.06 bits per heavy atom. The molecule has 0 aliphatic carbocycles. The number of halogens is 1. The van der Waals surface area contributed by atoms with Crippen molar-refractivity contribution in [1.82, 2.24) is 0 Å². The molecule has 0 N–H and O–H groups in total. The van der Waals surface area contributed by atoms with Gasteiger partial charge >= 0.3 is 0 Å². The third kappa shape index (κ3) is 3.30. The first kappa shape index (κ1) is 13.5. The molecular formula is C15H15BrOS. The van der Waals surface area contributed by atoms with Gasteiger partial charge in [-0.1, -0.05) is 30.8 Å². The zero-order valence-electron chi connectivity index (χ0n) is 10.4. The monoisotopic (exact) mass is 322 g/mol. The summed E-state index contributed by atoms with van der Waals surface area (Å²) in [5.74, 6) is 0.862.